The van der Waals surface area contributed by atoms with Crippen molar-refractivity contribution in [3.8, 4) is 0 Å². The maximum Gasteiger partial charge on any atom is 0.429 e. The average molecular weight is 225 g/mol. The minimum atomic E-state index is -4.57. The number of ether oxygens (including phenoxy) is 1. The summed E-state index contributed by atoms with van der Waals surface area (Å²) in [5.74, 6) is -0.908. The fourth-order valence-corrected chi connectivity index (χ4v) is 0.879. The molecule has 6 heteroatoms. The Bertz CT molecular complexity index is 246. The van der Waals surface area contributed by atoms with E-state index in [0.29, 0.717) is 0 Å². The molecule has 0 aliphatic heterocycles. The standard InChI is InChI=1S/C9H14F3NO2/c1-4-15-8(14)5-7(9(10,11)12)13-6(2)3/h6H,4-5H2,1-3H3. The van der Waals surface area contributed by atoms with Gasteiger partial charge in [0.1, 0.15) is 5.71 Å². The van der Waals surface area contributed by atoms with E-state index in [9.17, 15) is 18.0 Å². The molecular formula is C9H14F3NO2. The molecule has 0 N–H and O–H groups in total. The number of halogens is 3. The maximum absolute atomic E-state index is 12.3. The number of alkyl halides is 3. The number of esters is 1. The van der Waals surface area contributed by atoms with Gasteiger partial charge in [-0.25, -0.2) is 0 Å². The molecule has 0 saturated heterocycles. The van der Waals surface area contributed by atoms with E-state index in [0.717, 1.165) is 0 Å². The van der Waals surface area contributed by atoms with Gasteiger partial charge in [-0.2, -0.15) is 13.2 Å². The summed E-state index contributed by atoms with van der Waals surface area (Å²) in [7, 11) is 0. The molecular weight excluding hydrogens is 211 g/mol. The van der Waals surface area contributed by atoms with E-state index in [1.54, 1.807) is 0 Å². The van der Waals surface area contributed by atoms with Crippen LogP contribution in [-0.2, 0) is 9.53 Å². The van der Waals surface area contributed by atoms with Gasteiger partial charge in [-0.1, -0.05) is 0 Å². The molecule has 0 aromatic rings. The largest absolute Gasteiger partial charge is 0.466 e. The summed E-state index contributed by atoms with van der Waals surface area (Å²) in [5, 5.41) is 0. The molecule has 0 amide bonds. The van der Waals surface area contributed by atoms with Crippen molar-refractivity contribution in [3.05, 3.63) is 0 Å². The van der Waals surface area contributed by atoms with E-state index in [2.05, 4.69) is 9.73 Å². The zero-order chi connectivity index (χ0) is 12.1. The molecule has 0 spiro atoms. The summed E-state index contributed by atoms with van der Waals surface area (Å²) in [6.45, 7) is 4.62. The first-order valence-electron chi connectivity index (χ1n) is 4.56. The van der Waals surface area contributed by atoms with E-state index in [4.69, 9.17) is 0 Å². The highest BCUT2D eigenvalue weighted by Gasteiger charge is 2.37. The van der Waals surface area contributed by atoms with E-state index in [1.165, 1.54) is 20.8 Å². The summed E-state index contributed by atoms with van der Waals surface area (Å²) in [4.78, 5) is 14.2. The number of aliphatic imine (C=N–C) groups is 1. The molecule has 0 fully saturated rings. The Kier molecular flexibility index (Phi) is 5.32. The Hall–Kier alpha value is -1.07. The lowest BCUT2D eigenvalue weighted by molar-refractivity contribution is -0.142. The Morgan fingerprint density at radius 1 is 1.40 bits per heavy atom. The fraction of sp³-hybridized carbons (Fsp3) is 0.778. The van der Waals surface area contributed by atoms with Gasteiger partial charge < -0.3 is 4.74 Å². The second-order valence-electron chi connectivity index (χ2n) is 3.15. The van der Waals surface area contributed by atoms with Crippen molar-refractivity contribution < 1.29 is 22.7 Å². The van der Waals surface area contributed by atoms with Gasteiger partial charge in [0.15, 0.2) is 0 Å². The van der Waals surface area contributed by atoms with Crippen molar-refractivity contribution in [1.82, 2.24) is 0 Å². The second-order valence-corrected chi connectivity index (χ2v) is 3.15. The molecule has 0 unspecified atom stereocenters. The van der Waals surface area contributed by atoms with Gasteiger partial charge in [-0.05, 0) is 20.8 Å². The van der Waals surface area contributed by atoms with Crippen LogP contribution in [0.1, 0.15) is 27.2 Å². The molecule has 0 rings (SSSR count). The van der Waals surface area contributed by atoms with Gasteiger partial charge in [-0.3, -0.25) is 9.79 Å². The number of hydrogen-bond donors (Lipinski definition) is 0. The summed E-state index contributed by atoms with van der Waals surface area (Å²) in [5.41, 5.74) is -1.09. The number of carbonyl (C=O) groups is 1. The van der Waals surface area contributed by atoms with E-state index in [-0.39, 0.29) is 6.61 Å². The monoisotopic (exact) mass is 225 g/mol. The van der Waals surface area contributed by atoms with Gasteiger partial charge in [0.05, 0.1) is 13.0 Å². The van der Waals surface area contributed by atoms with Gasteiger partial charge in [0.25, 0.3) is 0 Å². The van der Waals surface area contributed by atoms with Crippen LogP contribution in [0.25, 0.3) is 0 Å². The molecule has 0 aromatic heterocycles. The van der Waals surface area contributed by atoms with E-state index < -0.39 is 30.3 Å². The van der Waals surface area contributed by atoms with Crippen molar-refractivity contribution in [2.75, 3.05) is 6.61 Å². The summed E-state index contributed by atoms with van der Waals surface area (Å²) >= 11 is 0. The molecule has 15 heavy (non-hydrogen) atoms. The summed E-state index contributed by atoms with van der Waals surface area (Å²) in [6.07, 6.45) is -5.40. The van der Waals surface area contributed by atoms with Crippen LogP contribution in [0.5, 0.6) is 0 Å². The molecule has 0 saturated carbocycles. The smallest absolute Gasteiger partial charge is 0.429 e. The average Bonchev–Trinajstić information content (AvgIpc) is 2.00. The van der Waals surface area contributed by atoms with Crippen molar-refractivity contribution in [2.45, 2.75) is 39.4 Å². The molecule has 88 valence electrons. The van der Waals surface area contributed by atoms with Gasteiger partial charge in [0, 0.05) is 6.04 Å². The molecule has 0 aliphatic carbocycles. The number of carbonyl (C=O) groups excluding carboxylic acids is 1. The quantitative estimate of drug-likeness (QED) is 0.544. The van der Waals surface area contributed by atoms with Crippen molar-refractivity contribution in [1.29, 1.82) is 0 Å². The molecule has 0 aromatic carbocycles. The van der Waals surface area contributed by atoms with Crippen LogP contribution >= 0.6 is 0 Å². The third-order valence-electron chi connectivity index (χ3n) is 1.36. The van der Waals surface area contributed by atoms with E-state index >= 15 is 0 Å². The van der Waals surface area contributed by atoms with Crippen LogP contribution in [0, 0.1) is 0 Å². The molecule has 0 heterocycles. The highest BCUT2D eigenvalue weighted by atomic mass is 19.4. The lowest BCUT2D eigenvalue weighted by Gasteiger charge is -2.11. The van der Waals surface area contributed by atoms with Crippen molar-refractivity contribution in [2.24, 2.45) is 4.99 Å². The third-order valence-corrected chi connectivity index (χ3v) is 1.36. The lowest BCUT2D eigenvalue weighted by atomic mass is 10.2. The van der Waals surface area contributed by atoms with Crippen LogP contribution < -0.4 is 0 Å². The lowest BCUT2D eigenvalue weighted by Crippen LogP contribution is -2.27. The summed E-state index contributed by atoms with van der Waals surface area (Å²) < 4.78 is 41.5. The molecule has 0 bridgehead atoms. The van der Waals surface area contributed by atoms with Gasteiger partial charge >= 0.3 is 12.1 Å². The zero-order valence-electron chi connectivity index (χ0n) is 8.89. The predicted octanol–water partition coefficient (Wildman–Crippen LogP) is 2.35. The van der Waals surface area contributed by atoms with Crippen LogP contribution in [-0.4, -0.2) is 30.5 Å². The van der Waals surface area contributed by atoms with Gasteiger partial charge in [0.2, 0.25) is 0 Å². The van der Waals surface area contributed by atoms with Crippen molar-refractivity contribution >= 4 is 11.7 Å². The van der Waals surface area contributed by atoms with E-state index in [1.807, 2.05) is 0 Å². The third kappa shape index (κ3) is 6.09. The molecule has 0 atom stereocenters. The Morgan fingerprint density at radius 2 is 1.93 bits per heavy atom. The highest BCUT2D eigenvalue weighted by molar-refractivity contribution is 6.02. The highest BCUT2D eigenvalue weighted by Crippen LogP contribution is 2.20. The first-order chi connectivity index (χ1) is 6.77. The zero-order valence-corrected chi connectivity index (χ0v) is 8.89. The minimum absolute atomic E-state index is 0.0612. The molecule has 3 nitrogen and oxygen atoms in total. The summed E-state index contributed by atoms with van der Waals surface area (Å²) in [6, 6.07) is -0.504. The number of nitrogens with zero attached hydrogens (tertiary/aromatic N) is 1. The van der Waals surface area contributed by atoms with Crippen LogP contribution in [0.4, 0.5) is 13.2 Å². The maximum atomic E-state index is 12.3. The Labute approximate surface area is 86.3 Å². The number of rotatable bonds is 4. The van der Waals surface area contributed by atoms with Crippen LogP contribution in [0.15, 0.2) is 4.99 Å². The topological polar surface area (TPSA) is 38.7 Å². The Balaban J connectivity index is 4.61. The van der Waals surface area contributed by atoms with Gasteiger partial charge in [-0.15, -0.1) is 0 Å². The minimum Gasteiger partial charge on any atom is -0.466 e. The molecule has 0 radical (unpaired) electrons. The SMILES string of the molecule is CCOC(=O)CC(=NC(C)C)C(F)(F)F. The first-order valence-corrected chi connectivity index (χ1v) is 4.56. The Morgan fingerprint density at radius 3 is 2.27 bits per heavy atom. The molecule has 0 aliphatic rings. The second kappa shape index (κ2) is 5.72. The fourth-order valence-electron chi connectivity index (χ4n) is 0.879. The predicted molar refractivity (Wildman–Crippen MR) is 49.9 cm³/mol. The van der Waals surface area contributed by atoms with Crippen LogP contribution in [0.2, 0.25) is 0 Å². The normalized spacial score (nSPS) is 13.1. The number of hydrogen-bond acceptors (Lipinski definition) is 3. The van der Waals surface area contributed by atoms with Crippen LogP contribution in [0.3, 0.4) is 0 Å². The first kappa shape index (κ1) is 13.9. The van der Waals surface area contributed by atoms with Crippen molar-refractivity contribution in [3.63, 3.8) is 0 Å².